The number of aliphatic imine (C=N–C) groups is 1. The number of halogens is 1. The Morgan fingerprint density at radius 1 is 1.55 bits per heavy atom. The van der Waals surface area contributed by atoms with Crippen molar-refractivity contribution in [2.75, 3.05) is 14.1 Å². The summed E-state index contributed by atoms with van der Waals surface area (Å²) in [7, 11) is 5.74. The predicted molar refractivity (Wildman–Crippen MR) is 80.8 cm³/mol. The van der Waals surface area contributed by atoms with Crippen molar-refractivity contribution >= 4 is 17.6 Å². The Balaban J connectivity index is 1.95. The molecule has 0 saturated carbocycles. The number of nitrogens with one attached hydrogen (secondary N) is 1. The monoisotopic (exact) mass is 294 g/mol. The number of nitrogens with zero attached hydrogens (tertiary/aromatic N) is 3. The molecular formula is C14H19ClN4O. The van der Waals surface area contributed by atoms with Gasteiger partial charge in [0.1, 0.15) is 0 Å². The molecule has 0 aliphatic carbocycles. The molecule has 108 valence electrons. The van der Waals surface area contributed by atoms with Gasteiger partial charge in [-0.15, -0.1) is 0 Å². The molecular weight excluding hydrogens is 276 g/mol. The largest absolute Gasteiger partial charge is 0.472 e. The van der Waals surface area contributed by atoms with Crippen LogP contribution >= 0.6 is 11.6 Å². The zero-order valence-corrected chi connectivity index (χ0v) is 12.7. The van der Waals surface area contributed by atoms with Crippen molar-refractivity contribution in [2.45, 2.75) is 13.1 Å². The molecule has 0 aromatic carbocycles. The average molecular weight is 295 g/mol. The molecule has 0 amide bonds. The van der Waals surface area contributed by atoms with Crippen molar-refractivity contribution in [3.63, 3.8) is 0 Å². The van der Waals surface area contributed by atoms with E-state index in [1.54, 1.807) is 19.6 Å². The number of aryl methyl sites for hydroxylation is 1. The van der Waals surface area contributed by atoms with Crippen LogP contribution in [0.15, 0.2) is 40.3 Å². The summed E-state index contributed by atoms with van der Waals surface area (Å²) in [5.41, 5.74) is 2.21. The van der Waals surface area contributed by atoms with E-state index >= 15 is 0 Å². The second-order valence-corrected chi connectivity index (χ2v) is 5.09. The van der Waals surface area contributed by atoms with Crippen LogP contribution in [0.25, 0.3) is 0 Å². The molecule has 0 aliphatic rings. The molecule has 2 aromatic heterocycles. The lowest BCUT2D eigenvalue weighted by Crippen LogP contribution is -2.38. The Hall–Kier alpha value is -1.88. The Morgan fingerprint density at radius 3 is 2.90 bits per heavy atom. The zero-order valence-electron chi connectivity index (χ0n) is 11.9. The SMILES string of the molecule is CN=C(NCc1ccoc1)N(C)Cc1cc(Cl)cn1C. The lowest BCUT2D eigenvalue weighted by molar-refractivity contribution is 0.461. The standard InChI is InChI=1S/C14H19ClN4O/c1-16-14(17-7-11-4-5-20-10-11)19(3)9-13-6-12(15)8-18(13)2/h4-6,8,10H,7,9H2,1-3H3,(H,16,17). The fourth-order valence-corrected chi connectivity index (χ4v) is 2.27. The summed E-state index contributed by atoms with van der Waals surface area (Å²) in [6.45, 7) is 1.41. The van der Waals surface area contributed by atoms with Crippen LogP contribution in [0, 0.1) is 0 Å². The molecule has 0 atom stereocenters. The van der Waals surface area contributed by atoms with Gasteiger partial charge < -0.3 is 19.2 Å². The molecule has 6 heteroatoms. The smallest absolute Gasteiger partial charge is 0.194 e. The van der Waals surface area contributed by atoms with Crippen LogP contribution in [0.4, 0.5) is 0 Å². The van der Waals surface area contributed by atoms with E-state index in [4.69, 9.17) is 16.0 Å². The number of furan rings is 1. The first-order chi connectivity index (χ1) is 9.60. The molecule has 2 heterocycles. The van der Waals surface area contributed by atoms with E-state index in [2.05, 4.69) is 10.3 Å². The summed E-state index contributed by atoms with van der Waals surface area (Å²) in [6, 6.07) is 3.89. The van der Waals surface area contributed by atoms with E-state index in [0.717, 1.165) is 28.8 Å². The molecule has 0 saturated heterocycles. The molecule has 0 fully saturated rings. The van der Waals surface area contributed by atoms with Gasteiger partial charge in [0.2, 0.25) is 0 Å². The highest BCUT2D eigenvalue weighted by Crippen LogP contribution is 2.14. The Kier molecular flexibility index (Phi) is 4.74. The lowest BCUT2D eigenvalue weighted by atomic mass is 10.3. The van der Waals surface area contributed by atoms with Gasteiger partial charge in [-0.3, -0.25) is 4.99 Å². The van der Waals surface area contributed by atoms with Gasteiger partial charge in [-0.2, -0.15) is 0 Å². The highest BCUT2D eigenvalue weighted by atomic mass is 35.5. The van der Waals surface area contributed by atoms with Crippen LogP contribution in [-0.4, -0.2) is 29.5 Å². The highest BCUT2D eigenvalue weighted by molar-refractivity contribution is 6.30. The predicted octanol–water partition coefficient (Wildman–Crippen LogP) is 2.48. The van der Waals surface area contributed by atoms with Gasteiger partial charge in [0.05, 0.1) is 24.1 Å². The maximum absolute atomic E-state index is 6.00. The Morgan fingerprint density at radius 2 is 2.35 bits per heavy atom. The molecule has 0 radical (unpaired) electrons. The van der Waals surface area contributed by atoms with Gasteiger partial charge in [0, 0.05) is 45.1 Å². The van der Waals surface area contributed by atoms with E-state index in [1.165, 1.54) is 0 Å². The maximum Gasteiger partial charge on any atom is 0.194 e. The third kappa shape index (κ3) is 3.57. The van der Waals surface area contributed by atoms with Crippen molar-refractivity contribution in [1.82, 2.24) is 14.8 Å². The second kappa shape index (κ2) is 6.52. The summed E-state index contributed by atoms with van der Waals surface area (Å²) in [4.78, 5) is 6.33. The third-order valence-electron chi connectivity index (χ3n) is 3.08. The van der Waals surface area contributed by atoms with E-state index in [0.29, 0.717) is 6.54 Å². The molecule has 0 aliphatic heterocycles. The minimum atomic E-state index is 0.682. The van der Waals surface area contributed by atoms with E-state index < -0.39 is 0 Å². The van der Waals surface area contributed by atoms with Crippen molar-refractivity contribution in [2.24, 2.45) is 12.0 Å². The maximum atomic E-state index is 6.00. The average Bonchev–Trinajstić information content (AvgIpc) is 3.01. The van der Waals surface area contributed by atoms with Crippen LogP contribution in [-0.2, 0) is 20.1 Å². The molecule has 0 bridgehead atoms. The van der Waals surface area contributed by atoms with Gasteiger partial charge in [0.15, 0.2) is 5.96 Å². The van der Waals surface area contributed by atoms with Gasteiger partial charge in [-0.05, 0) is 12.1 Å². The number of rotatable bonds is 4. The van der Waals surface area contributed by atoms with Crippen LogP contribution < -0.4 is 5.32 Å². The second-order valence-electron chi connectivity index (χ2n) is 4.65. The first-order valence-corrected chi connectivity index (χ1v) is 6.71. The van der Waals surface area contributed by atoms with E-state index in [1.807, 2.05) is 41.9 Å². The van der Waals surface area contributed by atoms with Gasteiger partial charge in [-0.1, -0.05) is 11.6 Å². The highest BCUT2D eigenvalue weighted by Gasteiger charge is 2.09. The van der Waals surface area contributed by atoms with Crippen molar-refractivity contribution < 1.29 is 4.42 Å². The van der Waals surface area contributed by atoms with Crippen LogP contribution in [0.2, 0.25) is 5.02 Å². The summed E-state index contributed by atoms with van der Waals surface area (Å²) in [5.74, 6) is 0.823. The molecule has 2 rings (SSSR count). The van der Waals surface area contributed by atoms with Crippen LogP contribution in [0.3, 0.4) is 0 Å². The number of aromatic nitrogens is 1. The zero-order chi connectivity index (χ0) is 14.5. The first kappa shape index (κ1) is 14.5. The van der Waals surface area contributed by atoms with Gasteiger partial charge >= 0.3 is 0 Å². The summed E-state index contributed by atoms with van der Waals surface area (Å²) >= 11 is 6.00. The van der Waals surface area contributed by atoms with E-state index in [9.17, 15) is 0 Å². The quantitative estimate of drug-likeness (QED) is 0.696. The number of hydrogen-bond acceptors (Lipinski definition) is 2. The summed E-state index contributed by atoms with van der Waals surface area (Å²) in [5, 5.41) is 4.04. The molecule has 0 unspecified atom stereocenters. The minimum absolute atomic E-state index is 0.682. The Bertz CT molecular complexity index is 574. The van der Waals surface area contributed by atoms with Crippen LogP contribution in [0.5, 0.6) is 0 Å². The molecule has 0 spiro atoms. The van der Waals surface area contributed by atoms with Crippen molar-refractivity contribution in [1.29, 1.82) is 0 Å². The van der Waals surface area contributed by atoms with Gasteiger partial charge in [-0.25, -0.2) is 0 Å². The number of hydrogen-bond donors (Lipinski definition) is 1. The number of guanidine groups is 1. The normalized spacial score (nSPS) is 11.7. The summed E-state index contributed by atoms with van der Waals surface area (Å²) in [6.07, 6.45) is 5.28. The molecule has 1 N–H and O–H groups in total. The fraction of sp³-hybridized carbons (Fsp3) is 0.357. The lowest BCUT2D eigenvalue weighted by Gasteiger charge is -2.22. The molecule has 20 heavy (non-hydrogen) atoms. The van der Waals surface area contributed by atoms with Crippen LogP contribution in [0.1, 0.15) is 11.3 Å². The summed E-state index contributed by atoms with van der Waals surface area (Å²) < 4.78 is 7.06. The molecule has 2 aromatic rings. The van der Waals surface area contributed by atoms with E-state index in [-0.39, 0.29) is 0 Å². The molecule has 5 nitrogen and oxygen atoms in total. The topological polar surface area (TPSA) is 45.7 Å². The Labute approximate surface area is 123 Å². The first-order valence-electron chi connectivity index (χ1n) is 6.33. The van der Waals surface area contributed by atoms with Gasteiger partial charge in [0.25, 0.3) is 0 Å². The van der Waals surface area contributed by atoms with Crippen molar-refractivity contribution in [3.8, 4) is 0 Å². The van der Waals surface area contributed by atoms with Crippen molar-refractivity contribution in [3.05, 3.63) is 47.1 Å². The minimum Gasteiger partial charge on any atom is -0.472 e. The third-order valence-corrected chi connectivity index (χ3v) is 3.28. The fourth-order valence-electron chi connectivity index (χ4n) is 2.00.